The summed E-state index contributed by atoms with van der Waals surface area (Å²) in [6, 6.07) is 94.4. The molecule has 0 aliphatic heterocycles. The van der Waals surface area contributed by atoms with Gasteiger partial charge in [-0.15, -0.1) is 0 Å². The van der Waals surface area contributed by atoms with Crippen molar-refractivity contribution >= 4 is 110 Å². The van der Waals surface area contributed by atoms with Gasteiger partial charge in [-0.2, -0.15) is 0 Å². The molecule has 15 rings (SSSR count). The number of rotatable bonds is 30. The largest absolute Gasteiger partial charge is 0.482 e. The van der Waals surface area contributed by atoms with Crippen molar-refractivity contribution < 1.29 is 61.8 Å². The number of carbonyl (C=O) groups excluding carboxylic acids is 3. The topological polar surface area (TPSA) is 195 Å². The van der Waals surface area contributed by atoms with Crippen LogP contribution in [0.3, 0.4) is 0 Å². The van der Waals surface area contributed by atoms with Gasteiger partial charge in [-0.05, 0) is 179 Å². The van der Waals surface area contributed by atoms with E-state index in [1.807, 2.05) is 146 Å². The summed E-state index contributed by atoms with van der Waals surface area (Å²) in [5, 5.41) is 3.25. The first kappa shape index (κ1) is 73.5. The Labute approximate surface area is 640 Å². The minimum Gasteiger partial charge on any atom is -0.482 e. The first-order chi connectivity index (χ1) is 54.0. The first-order valence-electron chi connectivity index (χ1n) is 35.8. The van der Waals surface area contributed by atoms with Crippen LogP contribution in [0.2, 0.25) is 0 Å². The van der Waals surface area contributed by atoms with Crippen molar-refractivity contribution in [3.8, 4) is 65.3 Å². The Morgan fingerprint density at radius 3 is 0.891 bits per heavy atom. The van der Waals surface area contributed by atoms with Crippen LogP contribution in [-0.4, -0.2) is 90.1 Å². The summed E-state index contributed by atoms with van der Waals surface area (Å²) in [5.74, 6) is -3.03. The van der Waals surface area contributed by atoms with Crippen LogP contribution in [0.5, 0.6) is 17.2 Å². The lowest BCUT2D eigenvalue weighted by Crippen LogP contribution is -2.41. The minimum absolute atomic E-state index is 0.0600. The number of benzene rings is 12. The molecule has 0 N–H and O–H groups in total. The second-order valence-electron chi connectivity index (χ2n) is 25.5. The van der Waals surface area contributed by atoms with Crippen molar-refractivity contribution in [3.05, 3.63) is 322 Å². The maximum absolute atomic E-state index is 14.1. The lowest BCUT2D eigenvalue weighted by molar-refractivity contribution is -0.401. The Balaban J connectivity index is 0.570. The molecular weight excluding hydrogens is 1450 g/mol. The summed E-state index contributed by atoms with van der Waals surface area (Å²) in [5.41, 5.74) is 6.13. The Kier molecular flexibility index (Phi) is 22.7. The summed E-state index contributed by atoms with van der Waals surface area (Å²) in [7, 11) is -1.81. The van der Waals surface area contributed by atoms with E-state index < -0.39 is 81.9 Å². The molecule has 3 aromatic heterocycles. The summed E-state index contributed by atoms with van der Waals surface area (Å²) in [6.45, 7) is -1.43. The van der Waals surface area contributed by atoms with Crippen LogP contribution < -0.4 is 30.5 Å². The number of ether oxygens (including phenoxy) is 10. The molecule has 0 saturated heterocycles. The molecule has 0 fully saturated rings. The molecule has 16 nitrogen and oxygen atoms in total. The number of hydrogen-bond donors (Lipinski definition) is 0. The predicted octanol–water partition coefficient (Wildman–Crippen LogP) is 19.2. The van der Waals surface area contributed by atoms with Crippen molar-refractivity contribution in [3.63, 3.8) is 0 Å². The van der Waals surface area contributed by atoms with Crippen molar-refractivity contribution in [1.82, 2.24) is 0 Å². The quantitative estimate of drug-likeness (QED) is 0.0103. The molecule has 12 aromatic carbocycles. The Hall–Kier alpha value is -12.0. The molecule has 3 atom stereocenters. The Morgan fingerprint density at radius 1 is 0.291 bits per heavy atom. The van der Waals surface area contributed by atoms with Gasteiger partial charge >= 0.3 is 17.9 Å². The van der Waals surface area contributed by atoms with Crippen molar-refractivity contribution in [2.24, 2.45) is 0 Å². The van der Waals surface area contributed by atoms with Gasteiger partial charge in [0, 0.05) is 56.0 Å². The van der Waals surface area contributed by atoms with Gasteiger partial charge < -0.3 is 47.4 Å². The molecule has 3 heterocycles. The SMILES string of the molecule is CCC(OCCOC(=O)COc1ccc2c(c1)c(=O)c1ccccc1[s+]2-c1ccc(-c2ccccc2)cc1)(OCCOC(=O)COc1ccc2c(c1)c(=O)c1ccccc1[s+]2-c1ccc(-c2ccccc2)cc1)OCOCCOC(=O)COc1ccc2c(c1)c(=O)c1ccccc1[s+]2-c1ccc(-c2ccccc2)cc1. The maximum atomic E-state index is 14.1. The van der Waals surface area contributed by atoms with Crippen molar-refractivity contribution in [2.75, 3.05) is 66.3 Å². The van der Waals surface area contributed by atoms with E-state index in [4.69, 9.17) is 47.4 Å². The highest BCUT2D eigenvalue weighted by Gasteiger charge is 2.33. The summed E-state index contributed by atoms with van der Waals surface area (Å²) >= 11 is 0. The third-order valence-corrected chi connectivity index (χ3v) is 25.6. The highest BCUT2D eigenvalue weighted by molar-refractivity contribution is 7.50. The molecule has 110 heavy (non-hydrogen) atoms. The molecule has 19 heteroatoms. The highest BCUT2D eigenvalue weighted by atomic mass is 32.2. The summed E-state index contributed by atoms with van der Waals surface area (Å²) in [4.78, 5) is 85.1. The molecule has 548 valence electrons. The molecule has 0 radical (unpaired) electrons. The molecule has 0 spiro atoms. The van der Waals surface area contributed by atoms with E-state index in [1.165, 1.54) is 0 Å². The fraction of sp³-hybridized carbons (Fsp3) is 0.143. The van der Waals surface area contributed by atoms with Gasteiger partial charge in [0.1, 0.15) is 37.1 Å². The zero-order valence-corrected chi connectivity index (χ0v) is 62.2. The molecule has 0 aliphatic rings. The van der Waals surface area contributed by atoms with E-state index >= 15 is 0 Å². The van der Waals surface area contributed by atoms with Crippen LogP contribution in [-0.2, 0) is 47.5 Å². The van der Waals surface area contributed by atoms with E-state index in [0.29, 0.717) is 49.6 Å². The van der Waals surface area contributed by atoms with Gasteiger partial charge in [0.05, 0.1) is 52.1 Å². The van der Waals surface area contributed by atoms with Gasteiger partial charge in [-0.25, -0.2) is 14.4 Å². The first-order valence-corrected chi connectivity index (χ1v) is 39.5. The van der Waals surface area contributed by atoms with Crippen LogP contribution in [0, 0.1) is 0 Å². The normalized spacial score (nSPS) is 12.5. The third kappa shape index (κ3) is 16.4. The van der Waals surface area contributed by atoms with Gasteiger partial charge in [0.25, 0.3) is 5.97 Å². The average Bonchev–Trinajstić information content (AvgIpc) is 0.756. The fourth-order valence-electron chi connectivity index (χ4n) is 13.2. The number of esters is 3. The van der Waals surface area contributed by atoms with Crippen molar-refractivity contribution in [2.45, 2.75) is 19.3 Å². The van der Waals surface area contributed by atoms with Crippen molar-refractivity contribution in [1.29, 1.82) is 0 Å². The van der Waals surface area contributed by atoms with Gasteiger partial charge in [-0.1, -0.05) is 134 Å². The van der Waals surface area contributed by atoms with E-state index in [0.717, 1.165) is 76.3 Å². The standard InChI is InChI=1S/C91H73O16S3/c1-2-91(105-52-50-100-86(93)58-103-68-37-46-83-77(55-68)89(96)74-25-13-16-28-80(74)109(83)71-41-32-65(33-42-71)62-20-8-4-9-21-62,106-53-51-101-87(94)59-104-69-38-47-84-78(56-69)90(97)75-26-14-17-29-81(75)110(84)72-43-34-66(35-44-72)63-22-10-5-11-23-63)107-60-98-48-49-99-85(92)57-102-67-36-45-82-76(54-67)88(95)73-24-12-15-27-79(73)108(82)70-39-30-64(31-40-70)61-18-6-3-7-19-61/h3-47,54-56H,2,48-53,57-60H2,1H3/q+3. The molecule has 0 saturated carbocycles. The van der Waals surface area contributed by atoms with Crippen LogP contribution in [0.4, 0.5) is 0 Å². The molecule has 15 aromatic rings. The second-order valence-corrected chi connectivity index (χ2v) is 31.4. The number of fused-ring (bicyclic) bond motifs is 6. The highest BCUT2D eigenvalue weighted by Crippen LogP contribution is 2.48. The van der Waals surface area contributed by atoms with E-state index in [-0.39, 0.29) is 62.3 Å². The van der Waals surface area contributed by atoms with Gasteiger partial charge in [-0.3, -0.25) is 14.4 Å². The van der Waals surface area contributed by atoms with E-state index in [2.05, 4.69) is 109 Å². The van der Waals surface area contributed by atoms with E-state index in [9.17, 15) is 28.8 Å². The fourth-order valence-corrected chi connectivity index (χ4v) is 20.2. The zero-order valence-electron chi connectivity index (χ0n) is 59.7. The number of hydrogen-bond acceptors (Lipinski definition) is 16. The Bertz CT molecular complexity index is 5810. The average molecular weight is 1520 g/mol. The van der Waals surface area contributed by atoms with E-state index in [1.54, 1.807) is 43.3 Å². The molecule has 0 aliphatic carbocycles. The lowest BCUT2D eigenvalue weighted by atomic mass is 10.1. The monoisotopic (exact) mass is 1520 g/mol. The molecule has 3 unspecified atom stereocenters. The van der Waals surface area contributed by atoms with Gasteiger partial charge in [0.2, 0.25) is 16.3 Å². The third-order valence-electron chi connectivity index (χ3n) is 18.6. The maximum Gasteiger partial charge on any atom is 0.344 e. The summed E-state index contributed by atoms with van der Waals surface area (Å²) in [6.07, 6.45) is 0.0600. The number of carbonyl (C=O) groups is 3. The molecule has 0 bridgehead atoms. The molecular formula is C91H73O16S3+3. The second kappa shape index (κ2) is 34.0. The predicted molar refractivity (Wildman–Crippen MR) is 437 cm³/mol. The van der Waals surface area contributed by atoms with Crippen LogP contribution in [0.25, 0.3) is 109 Å². The minimum atomic E-state index is -1.84. The zero-order chi connectivity index (χ0) is 75.3. The van der Waals surface area contributed by atoms with Gasteiger partial charge in [0.15, 0.2) is 69.5 Å². The lowest BCUT2D eigenvalue weighted by Gasteiger charge is -2.32. The van der Waals surface area contributed by atoms with Crippen LogP contribution >= 0.6 is 31.4 Å². The Morgan fingerprint density at radius 2 is 0.573 bits per heavy atom. The molecule has 0 amide bonds. The summed E-state index contributed by atoms with van der Waals surface area (Å²) < 4.78 is 63.8. The smallest absolute Gasteiger partial charge is 0.344 e. The van der Waals surface area contributed by atoms with Crippen LogP contribution in [0.15, 0.2) is 306 Å². The van der Waals surface area contributed by atoms with Crippen LogP contribution in [0.1, 0.15) is 13.3 Å².